The lowest BCUT2D eigenvalue weighted by Gasteiger charge is -2.16. The maximum atomic E-state index is 8.43. The molecule has 5 nitrogen and oxygen atoms in total. The monoisotopic (exact) mass is 210 g/mol. The van der Waals surface area contributed by atoms with E-state index in [-0.39, 0.29) is 31.8 Å². The molecule has 0 aliphatic heterocycles. The van der Waals surface area contributed by atoms with Gasteiger partial charge in [0.1, 0.15) is 0 Å². The Balaban J connectivity index is 0. The third-order valence-corrected chi connectivity index (χ3v) is 1.33. The van der Waals surface area contributed by atoms with Gasteiger partial charge < -0.3 is 25.2 Å². The number of ether oxygens (including phenoxy) is 1. The lowest BCUT2D eigenvalue weighted by atomic mass is 9.97. The molecule has 0 spiro atoms. The van der Waals surface area contributed by atoms with Crippen molar-refractivity contribution in [2.75, 3.05) is 39.6 Å². The minimum Gasteiger partial charge on any atom is -0.396 e. The van der Waals surface area contributed by atoms with Crippen LogP contribution in [-0.2, 0) is 4.74 Å². The Morgan fingerprint density at radius 3 is 1.36 bits per heavy atom. The van der Waals surface area contributed by atoms with E-state index in [1.54, 1.807) is 13.8 Å². The summed E-state index contributed by atoms with van der Waals surface area (Å²) < 4.78 is 4.63. The van der Waals surface area contributed by atoms with Gasteiger partial charge in [-0.15, -0.1) is 0 Å². The number of rotatable bonds is 6. The van der Waals surface area contributed by atoms with Crippen LogP contribution in [0.3, 0.4) is 0 Å². The standard InChI is InChI=1S/C5H12O2.C4H10O3/c1-5(2,3-6)4-7;5-1-3-7-4-2-6/h6-7H,3-4H2,1-2H3;5-6H,1-4H2. The topological polar surface area (TPSA) is 90.2 Å². The zero-order chi connectivity index (χ0) is 11.4. The summed E-state index contributed by atoms with van der Waals surface area (Å²) in [7, 11) is 0. The Kier molecular flexibility index (Phi) is 12.6. The van der Waals surface area contributed by atoms with Crippen molar-refractivity contribution in [2.24, 2.45) is 5.41 Å². The molecule has 4 N–H and O–H groups in total. The molecule has 0 unspecified atom stereocenters. The van der Waals surface area contributed by atoms with E-state index in [4.69, 9.17) is 20.4 Å². The number of aliphatic hydroxyl groups excluding tert-OH is 4. The van der Waals surface area contributed by atoms with Crippen LogP contribution in [-0.4, -0.2) is 60.1 Å². The van der Waals surface area contributed by atoms with E-state index in [1.165, 1.54) is 0 Å². The molecule has 0 aromatic carbocycles. The minimum absolute atomic E-state index is 0.0278. The van der Waals surface area contributed by atoms with Crippen LogP contribution >= 0.6 is 0 Å². The fraction of sp³-hybridized carbons (Fsp3) is 1.00. The van der Waals surface area contributed by atoms with Gasteiger partial charge in [-0.2, -0.15) is 0 Å². The third kappa shape index (κ3) is 14.3. The zero-order valence-electron chi connectivity index (χ0n) is 8.94. The fourth-order valence-electron chi connectivity index (χ4n) is 0.281. The van der Waals surface area contributed by atoms with E-state index in [2.05, 4.69) is 4.74 Å². The number of aliphatic hydroxyl groups is 4. The zero-order valence-corrected chi connectivity index (χ0v) is 8.94. The first-order valence-corrected chi connectivity index (χ1v) is 4.55. The SMILES string of the molecule is CC(C)(CO)CO.OCCOCCO. The lowest BCUT2D eigenvalue weighted by Crippen LogP contribution is -2.20. The second-order valence-electron chi connectivity index (χ2n) is 3.54. The Labute approximate surface area is 85.0 Å². The van der Waals surface area contributed by atoms with Gasteiger partial charge in [-0.25, -0.2) is 0 Å². The average Bonchev–Trinajstić information content (AvgIpc) is 2.20. The van der Waals surface area contributed by atoms with Gasteiger partial charge in [0.25, 0.3) is 0 Å². The first kappa shape index (κ1) is 16.2. The third-order valence-electron chi connectivity index (χ3n) is 1.33. The highest BCUT2D eigenvalue weighted by Gasteiger charge is 2.13. The Morgan fingerprint density at radius 1 is 0.857 bits per heavy atom. The molecule has 0 bridgehead atoms. The van der Waals surface area contributed by atoms with E-state index in [0.29, 0.717) is 13.2 Å². The Hall–Kier alpha value is -0.200. The average molecular weight is 210 g/mol. The highest BCUT2D eigenvalue weighted by Crippen LogP contribution is 2.10. The van der Waals surface area contributed by atoms with Gasteiger partial charge in [0, 0.05) is 5.41 Å². The van der Waals surface area contributed by atoms with E-state index in [0.717, 1.165) is 0 Å². The predicted molar refractivity (Wildman–Crippen MR) is 52.9 cm³/mol. The van der Waals surface area contributed by atoms with Gasteiger partial charge in [0.05, 0.1) is 39.6 Å². The fourth-order valence-corrected chi connectivity index (χ4v) is 0.281. The molecule has 0 aliphatic carbocycles. The highest BCUT2D eigenvalue weighted by molar-refractivity contribution is 4.62. The molecule has 5 heteroatoms. The van der Waals surface area contributed by atoms with Gasteiger partial charge in [-0.3, -0.25) is 0 Å². The van der Waals surface area contributed by atoms with E-state index < -0.39 is 0 Å². The van der Waals surface area contributed by atoms with Gasteiger partial charge in [-0.1, -0.05) is 13.8 Å². The molecule has 0 aromatic rings. The number of hydrogen-bond donors (Lipinski definition) is 4. The quantitative estimate of drug-likeness (QED) is 0.422. The molecule has 0 saturated heterocycles. The van der Waals surface area contributed by atoms with Crippen LogP contribution in [0.2, 0.25) is 0 Å². The molecule has 0 fully saturated rings. The molecule has 0 aliphatic rings. The van der Waals surface area contributed by atoms with Crippen molar-refractivity contribution in [3.05, 3.63) is 0 Å². The van der Waals surface area contributed by atoms with Crippen LogP contribution in [0.25, 0.3) is 0 Å². The predicted octanol–water partition coefficient (Wildman–Crippen LogP) is -1.02. The summed E-state index contributed by atoms with van der Waals surface area (Å²) in [5.74, 6) is 0. The molecule has 0 radical (unpaired) electrons. The summed E-state index contributed by atoms with van der Waals surface area (Å²) in [6.07, 6.45) is 0. The van der Waals surface area contributed by atoms with Crippen molar-refractivity contribution in [3.63, 3.8) is 0 Å². The molecule has 0 aromatic heterocycles. The summed E-state index contributed by atoms with van der Waals surface area (Å²) in [4.78, 5) is 0. The summed E-state index contributed by atoms with van der Waals surface area (Å²) in [5.41, 5.74) is -0.306. The lowest BCUT2D eigenvalue weighted by molar-refractivity contribution is 0.0650. The van der Waals surface area contributed by atoms with Crippen LogP contribution in [0.5, 0.6) is 0 Å². The van der Waals surface area contributed by atoms with Crippen molar-refractivity contribution in [1.82, 2.24) is 0 Å². The minimum atomic E-state index is -0.306. The van der Waals surface area contributed by atoms with Crippen LogP contribution < -0.4 is 0 Å². The van der Waals surface area contributed by atoms with Crippen molar-refractivity contribution < 1.29 is 25.2 Å². The van der Waals surface area contributed by atoms with Crippen molar-refractivity contribution in [3.8, 4) is 0 Å². The van der Waals surface area contributed by atoms with Crippen LogP contribution in [0, 0.1) is 5.41 Å². The van der Waals surface area contributed by atoms with E-state index in [9.17, 15) is 0 Å². The summed E-state index contributed by atoms with van der Waals surface area (Å²) in [5, 5.41) is 33.0. The van der Waals surface area contributed by atoms with E-state index in [1.807, 2.05) is 0 Å². The number of hydrogen-bond acceptors (Lipinski definition) is 5. The van der Waals surface area contributed by atoms with Crippen LogP contribution in [0.1, 0.15) is 13.8 Å². The maximum Gasteiger partial charge on any atom is 0.0698 e. The summed E-state index contributed by atoms with van der Waals surface area (Å²) in [6.45, 7) is 4.38. The molecule has 0 heterocycles. The largest absolute Gasteiger partial charge is 0.396 e. The summed E-state index contributed by atoms with van der Waals surface area (Å²) >= 11 is 0. The molecular weight excluding hydrogens is 188 g/mol. The van der Waals surface area contributed by atoms with Gasteiger partial charge in [0.2, 0.25) is 0 Å². The summed E-state index contributed by atoms with van der Waals surface area (Å²) in [6, 6.07) is 0. The van der Waals surface area contributed by atoms with Gasteiger partial charge in [0.15, 0.2) is 0 Å². The first-order valence-electron chi connectivity index (χ1n) is 4.55. The second-order valence-corrected chi connectivity index (χ2v) is 3.54. The first-order chi connectivity index (χ1) is 6.54. The van der Waals surface area contributed by atoms with Crippen molar-refractivity contribution >= 4 is 0 Å². The maximum absolute atomic E-state index is 8.43. The Bertz CT molecular complexity index is 95.4. The van der Waals surface area contributed by atoms with Crippen LogP contribution in [0.15, 0.2) is 0 Å². The van der Waals surface area contributed by atoms with Gasteiger partial charge >= 0.3 is 0 Å². The molecule has 0 saturated carbocycles. The molecular formula is C9H22O5. The molecule has 0 rings (SSSR count). The molecule has 88 valence electrons. The highest BCUT2D eigenvalue weighted by atomic mass is 16.5. The van der Waals surface area contributed by atoms with Crippen molar-refractivity contribution in [1.29, 1.82) is 0 Å². The normalized spacial score (nSPS) is 10.7. The van der Waals surface area contributed by atoms with E-state index >= 15 is 0 Å². The molecule has 0 atom stereocenters. The van der Waals surface area contributed by atoms with Crippen LogP contribution in [0.4, 0.5) is 0 Å². The van der Waals surface area contributed by atoms with Crippen molar-refractivity contribution in [2.45, 2.75) is 13.8 Å². The van der Waals surface area contributed by atoms with Gasteiger partial charge in [-0.05, 0) is 0 Å². The Morgan fingerprint density at radius 2 is 1.21 bits per heavy atom. The smallest absolute Gasteiger partial charge is 0.0698 e. The molecule has 0 amide bonds. The second kappa shape index (κ2) is 10.9. The molecule has 14 heavy (non-hydrogen) atoms.